The summed E-state index contributed by atoms with van der Waals surface area (Å²) >= 11 is 0. The van der Waals surface area contributed by atoms with Crippen molar-refractivity contribution in [2.75, 3.05) is 13.2 Å². The molecule has 0 aliphatic carbocycles. The number of nitrogens with one attached hydrogen (secondary N) is 2. The molecule has 0 amide bonds. The van der Waals surface area contributed by atoms with E-state index in [-0.39, 0.29) is 39.3 Å². The second-order valence-corrected chi connectivity index (χ2v) is 3.43. The van der Waals surface area contributed by atoms with Crippen molar-refractivity contribution in [1.29, 1.82) is 0 Å². The summed E-state index contributed by atoms with van der Waals surface area (Å²) in [5, 5.41) is 6.31. The normalized spacial score (nSPS) is 9.33. The molecule has 0 atom stereocenters. The molecule has 0 unspecified atom stereocenters. The first-order valence-electron chi connectivity index (χ1n) is 4.06. The van der Waals surface area contributed by atoms with Gasteiger partial charge in [0.1, 0.15) is 16.8 Å². The molecule has 0 saturated carbocycles. The Labute approximate surface area is 116 Å². The van der Waals surface area contributed by atoms with Crippen molar-refractivity contribution in [3.05, 3.63) is 12.1 Å². The van der Waals surface area contributed by atoms with Crippen LogP contribution in [0.25, 0.3) is 5.14 Å². The monoisotopic (exact) mass is 313 g/mol. The number of carbonyl (C=O) groups excluding carboxylic acids is 1. The molecular weight excluding hydrogens is 297 g/mol. The third kappa shape index (κ3) is 25.1. The number of hydrogen-bond acceptors (Lipinski definition) is 4. The second-order valence-electron chi connectivity index (χ2n) is 2.13. The molecule has 2 N–H and O–H groups in total. The zero-order chi connectivity index (χ0) is 11.6. The Bertz CT molecular complexity index is 243. The quantitative estimate of drug-likeness (QED) is 0.609. The Hall–Kier alpha value is 0.444. The van der Waals surface area contributed by atoms with Gasteiger partial charge in [-0.3, -0.25) is 4.79 Å². The van der Waals surface area contributed by atoms with Gasteiger partial charge in [-0.2, -0.15) is 6.42 Å². The summed E-state index contributed by atoms with van der Waals surface area (Å²) in [7, 11) is -4.04. The first-order chi connectivity index (χ1) is 6.37. The molecule has 89 valence electrons. The summed E-state index contributed by atoms with van der Waals surface area (Å²) < 4.78 is 26.2. The average molecular weight is 313 g/mol. The third-order valence-corrected chi connectivity index (χ3v) is 1.24. The minimum atomic E-state index is -4.04. The number of hydrogen-bond donors (Lipinski definition) is 1. The molecule has 0 aromatic rings. The fraction of sp³-hybridized carbons (Fsp3) is 0.714. The zero-order valence-corrected chi connectivity index (χ0v) is 12.6. The van der Waals surface area contributed by atoms with E-state index in [1.165, 1.54) is 0 Å². The van der Waals surface area contributed by atoms with Crippen molar-refractivity contribution in [2.45, 2.75) is 20.3 Å². The minimum Gasteiger partial charge on any atom is -0.550 e. The average Bonchev–Trinajstić information content (AvgIpc) is 2.02. The maximum atomic E-state index is 10.5. The molecule has 0 saturated heterocycles. The van der Waals surface area contributed by atoms with Crippen molar-refractivity contribution in [3.63, 3.8) is 0 Å². The number of ether oxygens (including phenoxy) is 1. The molecule has 0 aromatic carbocycles. The van der Waals surface area contributed by atoms with E-state index >= 15 is 0 Å². The molecule has 0 rings (SSSR count). The molecule has 0 aliphatic rings. The van der Waals surface area contributed by atoms with E-state index in [1.807, 2.05) is 6.92 Å². The van der Waals surface area contributed by atoms with Crippen LogP contribution in [0.1, 0.15) is 20.3 Å². The van der Waals surface area contributed by atoms with Crippen LogP contribution in [0.5, 0.6) is 0 Å². The van der Waals surface area contributed by atoms with Gasteiger partial charge in [0.2, 0.25) is 0 Å². The predicted molar refractivity (Wildman–Crippen MR) is 53.5 cm³/mol. The number of esters is 1. The molecule has 15 heavy (non-hydrogen) atoms. The SMILES string of the molecule is CCOC(=O)CNS([NH-])(=O)=O.[CH2-]CC.[Y]. The summed E-state index contributed by atoms with van der Waals surface area (Å²) in [4.78, 5) is 10.5. The molecule has 0 fully saturated rings. The molecular formula is C7H16N2O4SY-2. The van der Waals surface area contributed by atoms with E-state index in [9.17, 15) is 13.2 Å². The Morgan fingerprint density at radius 1 is 1.47 bits per heavy atom. The Morgan fingerprint density at radius 2 is 1.87 bits per heavy atom. The van der Waals surface area contributed by atoms with Crippen LogP contribution < -0.4 is 4.72 Å². The van der Waals surface area contributed by atoms with E-state index in [0.717, 1.165) is 6.42 Å². The summed E-state index contributed by atoms with van der Waals surface area (Å²) in [6, 6.07) is 0. The van der Waals surface area contributed by atoms with Gasteiger partial charge in [0, 0.05) is 32.7 Å². The van der Waals surface area contributed by atoms with Gasteiger partial charge >= 0.3 is 5.97 Å². The fourth-order valence-electron chi connectivity index (χ4n) is 0.366. The summed E-state index contributed by atoms with van der Waals surface area (Å²) in [5.74, 6) is -0.691. The van der Waals surface area contributed by atoms with Crippen molar-refractivity contribution >= 4 is 16.2 Å². The maximum Gasteiger partial charge on any atom is 0.320 e. The van der Waals surface area contributed by atoms with E-state index in [2.05, 4.69) is 11.7 Å². The van der Waals surface area contributed by atoms with Crippen LogP contribution >= 0.6 is 0 Å². The Kier molecular flexibility index (Phi) is 17.4. The fourth-order valence-corrected chi connectivity index (χ4v) is 0.674. The maximum absolute atomic E-state index is 10.5. The van der Waals surface area contributed by atoms with Gasteiger partial charge in [-0.15, -0.1) is 0 Å². The van der Waals surface area contributed by atoms with Gasteiger partial charge in [-0.1, -0.05) is 6.92 Å². The van der Waals surface area contributed by atoms with E-state index in [0.29, 0.717) is 0 Å². The molecule has 1 radical (unpaired) electrons. The molecule has 0 heterocycles. The summed E-state index contributed by atoms with van der Waals surface area (Å²) in [5.41, 5.74) is 0. The van der Waals surface area contributed by atoms with Crippen LogP contribution in [-0.4, -0.2) is 27.5 Å². The molecule has 0 spiro atoms. The van der Waals surface area contributed by atoms with Crippen molar-refractivity contribution in [3.8, 4) is 0 Å². The first kappa shape index (κ1) is 20.8. The Morgan fingerprint density at radius 3 is 2.13 bits per heavy atom. The van der Waals surface area contributed by atoms with Crippen LogP contribution in [0.2, 0.25) is 0 Å². The zero-order valence-electron chi connectivity index (χ0n) is 8.95. The van der Waals surface area contributed by atoms with Crippen LogP contribution in [0.4, 0.5) is 0 Å². The van der Waals surface area contributed by atoms with Crippen LogP contribution in [0, 0.1) is 6.92 Å². The molecule has 0 bridgehead atoms. The largest absolute Gasteiger partial charge is 0.550 e. The number of carbonyl (C=O) groups is 1. The van der Waals surface area contributed by atoms with Gasteiger partial charge < -0.3 is 16.8 Å². The first-order valence-corrected chi connectivity index (χ1v) is 5.54. The van der Waals surface area contributed by atoms with E-state index in [4.69, 9.17) is 5.14 Å². The van der Waals surface area contributed by atoms with Gasteiger partial charge in [0.25, 0.3) is 0 Å². The Balaban J connectivity index is -0.000000320. The smallest absolute Gasteiger partial charge is 0.320 e. The van der Waals surface area contributed by atoms with Crippen molar-refractivity contribution in [2.24, 2.45) is 0 Å². The standard InChI is InChI=1S/C4H9N2O4S.C3H7.Y/c1-2-10-4(7)3-6-11(5,8)9;1-3-2;/h6H,2-3H2,1H3,(H-,5,8,9);1,3H2,2H3;/q2*-1;. The van der Waals surface area contributed by atoms with Crippen molar-refractivity contribution in [1.82, 2.24) is 4.72 Å². The molecule has 0 aromatic heterocycles. The topological polar surface area (TPSA) is 96.3 Å². The third-order valence-electron chi connectivity index (χ3n) is 0.712. The van der Waals surface area contributed by atoms with Crippen LogP contribution in [0.15, 0.2) is 0 Å². The van der Waals surface area contributed by atoms with Gasteiger partial charge in [-0.05, 0) is 6.92 Å². The number of rotatable bonds is 4. The summed E-state index contributed by atoms with van der Waals surface area (Å²) in [6.07, 6.45) is 1.00. The van der Waals surface area contributed by atoms with Crippen LogP contribution in [-0.2, 0) is 52.4 Å². The second kappa shape index (κ2) is 12.5. The van der Waals surface area contributed by atoms with Gasteiger partial charge in [0.15, 0.2) is 0 Å². The van der Waals surface area contributed by atoms with Gasteiger partial charge in [0.05, 0.1) is 6.61 Å². The van der Waals surface area contributed by atoms with Gasteiger partial charge in [-0.25, -0.2) is 13.1 Å². The summed E-state index contributed by atoms with van der Waals surface area (Å²) in [6.45, 7) is 6.81. The molecule has 6 nitrogen and oxygen atoms in total. The van der Waals surface area contributed by atoms with E-state index < -0.39 is 22.7 Å². The van der Waals surface area contributed by atoms with E-state index in [1.54, 1.807) is 11.6 Å². The molecule has 8 heteroatoms. The predicted octanol–water partition coefficient (Wildman–Crippen LogP) is 0.664. The minimum absolute atomic E-state index is 0. The van der Waals surface area contributed by atoms with Crippen LogP contribution in [0.3, 0.4) is 0 Å². The molecule has 0 aliphatic heterocycles. The van der Waals surface area contributed by atoms with Crippen molar-refractivity contribution < 1.29 is 50.7 Å².